The first-order valence-corrected chi connectivity index (χ1v) is 9.71. The average molecular weight is 352 g/mol. The summed E-state index contributed by atoms with van der Waals surface area (Å²) in [7, 11) is 0. The number of aliphatic hydroxyl groups is 1. The number of anilines is 2. The number of benzene rings is 1. The van der Waals surface area contributed by atoms with Crippen molar-refractivity contribution in [3.05, 3.63) is 47.2 Å². The summed E-state index contributed by atoms with van der Waals surface area (Å²) >= 11 is 0. The number of nitrogens with zero attached hydrogens (tertiary/aromatic N) is 3. The van der Waals surface area contributed by atoms with E-state index in [9.17, 15) is 5.11 Å². The highest BCUT2D eigenvalue weighted by Crippen LogP contribution is 2.51. The summed E-state index contributed by atoms with van der Waals surface area (Å²) < 4.78 is 0. The van der Waals surface area contributed by atoms with E-state index in [-0.39, 0.29) is 12.6 Å². The van der Waals surface area contributed by atoms with E-state index in [0.29, 0.717) is 23.8 Å². The number of aryl methyl sites for hydroxylation is 1. The van der Waals surface area contributed by atoms with Gasteiger partial charge in [0.2, 0.25) is 5.95 Å². The second-order valence-corrected chi connectivity index (χ2v) is 7.80. The monoisotopic (exact) mass is 352 g/mol. The van der Waals surface area contributed by atoms with Gasteiger partial charge in [0.05, 0.1) is 18.7 Å². The zero-order chi connectivity index (χ0) is 18.3. The first-order valence-electron chi connectivity index (χ1n) is 9.71. The molecule has 2 N–H and O–H groups in total. The fraction of sp³-hybridized carbons (Fsp3) is 0.524. The number of aromatic nitrogens is 2. The Morgan fingerprint density at radius 2 is 2.00 bits per heavy atom. The van der Waals surface area contributed by atoms with E-state index in [1.165, 1.54) is 17.5 Å². The average Bonchev–Trinajstić information content (AvgIpc) is 3.25. The summed E-state index contributed by atoms with van der Waals surface area (Å²) in [6.45, 7) is 7.40. The van der Waals surface area contributed by atoms with Crippen molar-refractivity contribution in [1.82, 2.24) is 9.97 Å². The van der Waals surface area contributed by atoms with E-state index >= 15 is 0 Å². The van der Waals surface area contributed by atoms with Crippen LogP contribution in [-0.4, -0.2) is 34.3 Å². The molecule has 0 amide bonds. The molecule has 1 aromatic heterocycles. The lowest BCUT2D eigenvalue weighted by molar-refractivity contribution is 0.248. The van der Waals surface area contributed by atoms with E-state index in [4.69, 9.17) is 4.98 Å². The van der Waals surface area contributed by atoms with Gasteiger partial charge in [0.15, 0.2) is 0 Å². The van der Waals surface area contributed by atoms with Crippen molar-refractivity contribution in [3.63, 3.8) is 0 Å². The molecular formula is C21H28N4O. The topological polar surface area (TPSA) is 61.3 Å². The molecule has 2 aliphatic rings. The SMILES string of the molecule is CCc1cc(N2C[C@H]3C[C@H]2c2ccccc23)nc(N[C@@H](CO)C(C)C)n1. The molecule has 26 heavy (non-hydrogen) atoms. The quantitative estimate of drug-likeness (QED) is 0.833. The van der Waals surface area contributed by atoms with E-state index in [0.717, 1.165) is 24.5 Å². The largest absolute Gasteiger partial charge is 0.394 e. The van der Waals surface area contributed by atoms with Crippen molar-refractivity contribution in [2.24, 2.45) is 5.92 Å². The Bertz CT molecular complexity index is 791. The molecule has 3 atom stereocenters. The van der Waals surface area contributed by atoms with Gasteiger partial charge in [0.1, 0.15) is 5.82 Å². The molecular weight excluding hydrogens is 324 g/mol. The van der Waals surface area contributed by atoms with E-state index in [1.807, 2.05) is 0 Å². The van der Waals surface area contributed by atoms with Gasteiger partial charge in [-0.3, -0.25) is 0 Å². The van der Waals surface area contributed by atoms with Crippen LogP contribution in [0.5, 0.6) is 0 Å². The molecule has 0 saturated carbocycles. The Morgan fingerprint density at radius 1 is 1.23 bits per heavy atom. The Labute approximate surface area is 155 Å². The predicted octanol–water partition coefficient (Wildman–Crippen LogP) is 3.52. The van der Waals surface area contributed by atoms with Crippen LogP contribution in [0.25, 0.3) is 0 Å². The standard InChI is InChI=1S/C21H28N4O/c1-4-15-10-20(24-21(22-15)23-18(12-26)13(2)3)25-11-14-9-19(25)17-8-6-5-7-16(14)17/h5-8,10,13-14,18-19,26H,4,9,11-12H2,1-3H3,(H,22,23,24)/t14-,18+,19+/m1/s1. The smallest absolute Gasteiger partial charge is 0.225 e. The van der Waals surface area contributed by atoms with Crippen molar-refractivity contribution in [3.8, 4) is 0 Å². The van der Waals surface area contributed by atoms with Crippen LogP contribution in [0, 0.1) is 5.92 Å². The van der Waals surface area contributed by atoms with Crippen LogP contribution in [0.2, 0.25) is 0 Å². The molecule has 1 aliphatic heterocycles. The highest BCUT2D eigenvalue weighted by atomic mass is 16.3. The van der Waals surface area contributed by atoms with Gasteiger partial charge in [-0.2, -0.15) is 4.98 Å². The molecule has 1 saturated heterocycles. The normalized spacial score (nSPS) is 22.0. The molecule has 2 heterocycles. The minimum absolute atomic E-state index is 0.0364. The number of aliphatic hydroxyl groups excluding tert-OH is 1. The molecule has 138 valence electrons. The lowest BCUT2D eigenvalue weighted by Crippen LogP contribution is -2.32. The van der Waals surface area contributed by atoms with Crippen LogP contribution in [0.3, 0.4) is 0 Å². The third kappa shape index (κ3) is 2.94. The van der Waals surface area contributed by atoms with Crippen molar-refractivity contribution >= 4 is 11.8 Å². The molecule has 5 heteroatoms. The molecule has 1 aromatic carbocycles. The van der Waals surface area contributed by atoms with Crippen LogP contribution < -0.4 is 10.2 Å². The Morgan fingerprint density at radius 3 is 2.69 bits per heavy atom. The molecule has 0 spiro atoms. The maximum absolute atomic E-state index is 9.63. The fourth-order valence-electron chi connectivity index (χ4n) is 4.26. The lowest BCUT2D eigenvalue weighted by atomic mass is 9.99. The van der Waals surface area contributed by atoms with Crippen molar-refractivity contribution < 1.29 is 5.11 Å². The van der Waals surface area contributed by atoms with Gasteiger partial charge >= 0.3 is 0 Å². The van der Waals surface area contributed by atoms with Gasteiger partial charge in [0.25, 0.3) is 0 Å². The summed E-state index contributed by atoms with van der Waals surface area (Å²) in [5.74, 6) is 2.55. The third-order valence-electron chi connectivity index (χ3n) is 5.83. The van der Waals surface area contributed by atoms with Gasteiger partial charge in [-0.1, -0.05) is 45.0 Å². The van der Waals surface area contributed by atoms with Crippen LogP contribution >= 0.6 is 0 Å². The van der Waals surface area contributed by atoms with Crippen molar-refractivity contribution in [1.29, 1.82) is 0 Å². The second kappa shape index (κ2) is 6.88. The molecule has 2 aromatic rings. The molecule has 4 rings (SSSR count). The van der Waals surface area contributed by atoms with E-state index in [2.05, 4.69) is 66.3 Å². The highest BCUT2D eigenvalue weighted by molar-refractivity contribution is 5.55. The summed E-state index contributed by atoms with van der Waals surface area (Å²) in [6.07, 6.45) is 2.05. The molecule has 0 unspecified atom stereocenters. The van der Waals surface area contributed by atoms with Gasteiger partial charge in [-0.05, 0) is 29.9 Å². The third-order valence-corrected chi connectivity index (χ3v) is 5.83. The maximum Gasteiger partial charge on any atom is 0.225 e. The molecule has 2 bridgehead atoms. The van der Waals surface area contributed by atoms with Crippen molar-refractivity contribution in [2.45, 2.75) is 51.6 Å². The van der Waals surface area contributed by atoms with Gasteiger partial charge in [-0.25, -0.2) is 4.98 Å². The Hall–Kier alpha value is -2.14. The molecule has 1 fully saturated rings. The zero-order valence-electron chi connectivity index (χ0n) is 15.8. The fourth-order valence-corrected chi connectivity index (χ4v) is 4.26. The molecule has 5 nitrogen and oxygen atoms in total. The predicted molar refractivity (Wildman–Crippen MR) is 105 cm³/mol. The minimum atomic E-state index is -0.0364. The van der Waals surface area contributed by atoms with Gasteiger partial charge < -0.3 is 15.3 Å². The Kier molecular flexibility index (Phi) is 4.57. The maximum atomic E-state index is 9.63. The molecule has 1 aliphatic carbocycles. The second-order valence-electron chi connectivity index (χ2n) is 7.80. The molecule has 0 radical (unpaired) electrons. The number of rotatable bonds is 6. The number of hydrogen-bond donors (Lipinski definition) is 2. The first-order chi connectivity index (χ1) is 12.6. The lowest BCUT2D eigenvalue weighted by Gasteiger charge is -2.30. The number of fused-ring (bicyclic) bond motifs is 5. The van der Waals surface area contributed by atoms with Crippen LogP contribution in [0.1, 0.15) is 56.0 Å². The van der Waals surface area contributed by atoms with Gasteiger partial charge in [0, 0.05) is 24.2 Å². The van der Waals surface area contributed by atoms with Crippen molar-refractivity contribution in [2.75, 3.05) is 23.4 Å². The van der Waals surface area contributed by atoms with E-state index < -0.39 is 0 Å². The summed E-state index contributed by atoms with van der Waals surface area (Å²) in [5, 5.41) is 13.0. The van der Waals surface area contributed by atoms with Crippen LogP contribution in [-0.2, 0) is 6.42 Å². The minimum Gasteiger partial charge on any atom is -0.394 e. The van der Waals surface area contributed by atoms with Crippen LogP contribution in [0.15, 0.2) is 30.3 Å². The first kappa shape index (κ1) is 17.3. The number of nitrogens with one attached hydrogen (secondary N) is 1. The van der Waals surface area contributed by atoms with Gasteiger partial charge in [-0.15, -0.1) is 0 Å². The summed E-state index contributed by atoms with van der Waals surface area (Å²) in [4.78, 5) is 11.9. The van der Waals surface area contributed by atoms with E-state index in [1.54, 1.807) is 0 Å². The number of hydrogen-bond acceptors (Lipinski definition) is 5. The Balaban J connectivity index is 1.64. The summed E-state index contributed by atoms with van der Waals surface area (Å²) in [6, 6.07) is 11.3. The summed E-state index contributed by atoms with van der Waals surface area (Å²) in [5.41, 5.74) is 4.00. The van der Waals surface area contributed by atoms with Crippen LogP contribution in [0.4, 0.5) is 11.8 Å². The highest BCUT2D eigenvalue weighted by Gasteiger charge is 2.42. The zero-order valence-corrected chi connectivity index (χ0v) is 15.8.